The molecule has 25 heavy (non-hydrogen) atoms. The Labute approximate surface area is 150 Å². The summed E-state index contributed by atoms with van der Waals surface area (Å²) in [5, 5.41) is 10.8. The van der Waals surface area contributed by atoms with Gasteiger partial charge in [0.1, 0.15) is 11.6 Å². The molecule has 3 fully saturated rings. The van der Waals surface area contributed by atoms with Crippen molar-refractivity contribution >= 4 is 12.0 Å². The minimum Gasteiger partial charge on any atom is -0.444 e. The van der Waals surface area contributed by atoms with E-state index in [-0.39, 0.29) is 11.8 Å². The van der Waals surface area contributed by atoms with Crippen molar-refractivity contribution in [1.82, 2.24) is 9.80 Å². The molecule has 2 amide bonds. The lowest BCUT2D eigenvalue weighted by Gasteiger charge is -2.48. The lowest BCUT2D eigenvalue weighted by Crippen LogP contribution is -2.58. The van der Waals surface area contributed by atoms with Crippen molar-refractivity contribution in [2.75, 3.05) is 19.6 Å². The first-order valence-corrected chi connectivity index (χ1v) is 9.70. The highest BCUT2D eigenvalue weighted by Gasteiger charge is 2.46. The minimum absolute atomic E-state index is 0.0241. The van der Waals surface area contributed by atoms with E-state index >= 15 is 0 Å². The first-order chi connectivity index (χ1) is 11.7. The van der Waals surface area contributed by atoms with Gasteiger partial charge in [-0.2, -0.15) is 0 Å². The number of carbonyl (C=O) groups excluding carboxylic acids is 2. The van der Waals surface area contributed by atoms with Crippen LogP contribution in [0.5, 0.6) is 0 Å². The number of hydrogen-bond acceptors (Lipinski definition) is 4. The van der Waals surface area contributed by atoms with Crippen LogP contribution in [0.1, 0.15) is 65.7 Å². The van der Waals surface area contributed by atoms with Crippen molar-refractivity contribution in [3.05, 3.63) is 0 Å². The first-order valence-electron chi connectivity index (χ1n) is 9.70. The minimum atomic E-state index is -0.588. The predicted octanol–water partition coefficient (Wildman–Crippen LogP) is 2.54. The third-order valence-corrected chi connectivity index (χ3v) is 5.91. The molecule has 6 heteroatoms. The van der Waals surface area contributed by atoms with Crippen LogP contribution < -0.4 is 0 Å². The van der Waals surface area contributed by atoms with Crippen LogP contribution in [0.2, 0.25) is 0 Å². The van der Waals surface area contributed by atoms with E-state index in [2.05, 4.69) is 0 Å². The van der Waals surface area contributed by atoms with E-state index in [4.69, 9.17) is 4.74 Å². The van der Waals surface area contributed by atoms with Gasteiger partial charge in [-0.05, 0) is 52.9 Å². The summed E-state index contributed by atoms with van der Waals surface area (Å²) >= 11 is 0. The SMILES string of the molecule is CC(C)(C)OC(=O)N1CCC[C@H]1C(=O)N1CC[C@@]2(O)CCCC[C@H]2C1. The fourth-order valence-corrected chi connectivity index (χ4v) is 4.54. The maximum absolute atomic E-state index is 13.1. The van der Waals surface area contributed by atoms with E-state index in [1.165, 1.54) is 0 Å². The molecule has 2 heterocycles. The van der Waals surface area contributed by atoms with E-state index in [9.17, 15) is 14.7 Å². The second-order valence-electron chi connectivity index (χ2n) is 8.91. The van der Waals surface area contributed by atoms with Crippen molar-refractivity contribution in [2.24, 2.45) is 5.92 Å². The zero-order valence-corrected chi connectivity index (χ0v) is 15.8. The van der Waals surface area contributed by atoms with Crippen LogP contribution >= 0.6 is 0 Å². The molecule has 1 aliphatic carbocycles. The van der Waals surface area contributed by atoms with Crippen LogP contribution in [0.3, 0.4) is 0 Å². The van der Waals surface area contributed by atoms with Gasteiger partial charge in [-0.25, -0.2) is 4.79 Å². The Bertz CT molecular complexity index is 530. The van der Waals surface area contributed by atoms with E-state index < -0.39 is 23.3 Å². The van der Waals surface area contributed by atoms with Gasteiger partial charge in [-0.15, -0.1) is 0 Å². The van der Waals surface area contributed by atoms with E-state index in [0.29, 0.717) is 32.5 Å². The van der Waals surface area contributed by atoms with Gasteiger partial charge in [0.15, 0.2) is 0 Å². The van der Waals surface area contributed by atoms with Crippen molar-refractivity contribution in [1.29, 1.82) is 0 Å². The molecule has 3 atom stereocenters. The molecule has 2 saturated heterocycles. The average Bonchev–Trinajstić information content (AvgIpc) is 3.01. The smallest absolute Gasteiger partial charge is 0.410 e. The fraction of sp³-hybridized carbons (Fsp3) is 0.895. The molecule has 0 aromatic heterocycles. The number of fused-ring (bicyclic) bond motifs is 1. The van der Waals surface area contributed by atoms with Gasteiger partial charge in [-0.3, -0.25) is 9.69 Å². The van der Waals surface area contributed by atoms with Gasteiger partial charge in [0, 0.05) is 25.6 Å². The lowest BCUT2D eigenvalue weighted by molar-refractivity contribution is -0.147. The maximum atomic E-state index is 13.1. The highest BCUT2D eigenvalue weighted by molar-refractivity contribution is 5.86. The molecule has 0 radical (unpaired) electrons. The molecule has 1 N–H and O–H groups in total. The van der Waals surface area contributed by atoms with Gasteiger partial charge < -0.3 is 14.7 Å². The van der Waals surface area contributed by atoms with Crippen LogP contribution in [0.25, 0.3) is 0 Å². The second-order valence-corrected chi connectivity index (χ2v) is 8.91. The summed E-state index contributed by atoms with van der Waals surface area (Å²) in [6, 6.07) is -0.412. The Morgan fingerprint density at radius 3 is 2.56 bits per heavy atom. The number of ether oxygens (including phenoxy) is 1. The maximum Gasteiger partial charge on any atom is 0.410 e. The standard InChI is InChI=1S/C19H32N2O4/c1-18(2,3)25-17(23)21-11-6-8-15(21)16(22)20-12-10-19(24)9-5-4-7-14(19)13-20/h14-15,24H,4-13H2,1-3H3/t14-,15-,19-/m0/s1. The van der Waals surface area contributed by atoms with Gasteiger partial charge in [0.2, 0.25) is 5.91 Å². The Morgan fingerprint density at radius 2 is 1.84 bits per heavy atom. The lowest BCUT2D eigenvalue weighted by atomic mass is 9.71. The van der Waals surface area contributed by atoms with Gasteiger partial charge in [-0.1, -0.05) is 12.8 Å². The highest BCUT2D eigenvalue weighted by atomic mass is 16.6. The Hall–Kier alpha value is -1.30. The number of rotatable bonds is 1. The van der Waals surface area contributed by atoms with E-state index in [1.54, 1.807) is 4.90 Å². The number of carbonyl (C=O) groups is 2. The summed E-state index contributed by atoms with van der Waals surface area (Å²) in [6.07, 6.45) is 5.84. The zero-order chi connectivity index (χ0) is 18.2. The van der Waals surface area contributed by atoms with Crippen LogP contribution in [0, 0.1) is 5.92 Å². The molecular weight excluding hydrogens is 320 g/mol. The molecule has 6 nitrogen and oxygen atoms in total. The largest absolute Gasteiger partial charge is 0.444 e. The molecule has 0 spiro atoms. The number of piperidine rings is 1. The summed E-state index contributed by atoms with van der Waals surface area (Å²) in [5.41, 5.74) is -1.15. The van der Waals surface area contributed by atoms with Crippen molar-refractivity contribution in [3.63, 3.8) is 0 Å². The van der Waals surface area contributed by atoms with Gasteiger partial charge in [0.05, 0.1) is 5.60 Å². The van der Waals surface area contributed by atoms with Crippen molar-refractivity contribution in [2.45, 2.75) is 83.0 Å². The molecule has 0 aromatic rings. The Balaban J connectivity index is 1.65. The van der Waals surface area contributed by atoms with Crippen LogP contribution in [-0.4, -0.2) is 63.8 Å². The Morgan fingerprint density at radius 1 is 1.08 bits per heavy atom. The second kappa shape index (κ2) is 6.78. The highest BCUT2D eigenvalue weighted by Crippen LogP contribution is 2.40. The van der Waals surface area contributed by atoms with Crippen molar-refractivity contribution in [3.8, 4) is 0 Å². The molecular formula is C19H32N2O4. The number of hydrogen-bond donors (Lipinski definition) is 1. The predicted molar refractivity (Wildman–Crippen MR) is 94.1 cm³/mol. The average molecular weight is 352 g/mol. The summed E-state index contributed by atoms with van der Waals surface area (Å²) < 4.78 is 5.47. The third kappa shape index (κ3) is 3.94. The fourth-order valence-electron chi connectivity index (χ4n) is 4.54. The van der Waals surface area contributed by atoms with Gasteiger partial charge >= 0.3 is 6.09 Å². The summed E-state index contributed by atoms with van der Waals surface area (Å²) in [4.78, 5) is 29.0. The monoisotopic (exact) mass is 352 g/mol. The van der Waals surface area contributed by atoms with Crippen LogP contribution in [0.4, 0.5) is 4.79 Å². The quantitative estimate of drug-likeness (QED) is 0.787. The van der Waals surface area contributed by atoms with Crippen molar-refractivity contribution < 1.29 is 19.4 Å². The summed E-state index contributed by atoms with van der Waals surface area (Å²) in [5.74, 6) is 0.200. The molecule has 0 bridgehead atoms. The molecule has 3 aliphatic rings. The third-order valence-electron chi connectivity index (χ3n) is 5.91. The van der Waals surface area contributed by atoms with E-state index in [0.717, 1.165) is 32.1 Å². The summed E-state index contributed by atoms with van der Waals surface area (Å²) in [7, 11) is 0. The number of amides is 2. The van der Waals surface area contributed by atoms with E-state index in [1.807, 2.05) is 25.7 Å². The molecule has 0 aromatic carbocycles. The normalized spacial score (nSPS) is 33.1. The van der Waals surface area contributed by atoms with Crippen LogP contribution in [0.15, 0.2) is 0 Å². The number of aliphatic hydroxyl groups is 1. The van der Waals surface area contributed by atoms with Crippen LogP contribution in [-0.2, 0) is 9.53 Å². The number of nitrogens with zero attached hydrogens (tertiary/aromatic N) is 2. The molecule has 1 saturated carbocycles. The summed E-state index contributed by atoms with van der Waals surface area (Å²) in [6.45, 7) is 7.30. The first kappa shape index (κ1) is 18.5. The molecule has 0 unspecified atom stereocenters. The zero-order valence-electron chi connectivity index (χ0n) is 15.8. The molecule has 2 aliphatic heterocycles. The number of likely N-dealkylation sites (tertiary alicyclic amines) is 2. The Kier molecular flexibility index (Phi) is 5.02. The molecule has 3 rings (SSSR count). The molecule has 142 valence electrons. The van der Waals surface area contributed by atoms with Gasteiger partial charge in [0.25, 0.3) is 0 Å². The topological polar surface area (TPSA) is 70.1 Å².